The molecule has 1 fully saturated rings. The fraction of sp³-hybridized carbons (Fsp3) is 0.500. The Morgan fingerprint density at radius 1 is 1.33 bits per heavy atom. The molecule has 6 heteroatoms. The molecule has 1 aliphatic rings. The van der Waals surface area contributed by atoms with Gasteiger partial charge in [-0.15, -0.1) is 0 Å². The van der Waals surface area contributed by atoms with Crippen molar-refractivity contribution in [1.82, 2.24) is 14.7 Å². The third kappa shape index (κ3) is 3.13. The van der Waals surface area contributed by atoms with Gasteiger partial charge in [-0.25, -0.2) is 4.68 Å². The van der Waals surface area contributed by atoms with Crippen LogP contribution >= 0.6 is 0 Å². The predicted molar refractivity (Wildman–Crippen MR) is 89.7 cm³/mol. The van der Waals surface area contributed by atoms with E-state index in [1.165, 1.54) is 16.8 Å². The highest BCUT2D eigenvalue weighted by Gasteiger charge is 2.34. The SMILES string of the molecule is CCc1ccc([C@H]2C[C@H](C)CCN2C(=O)c2ccc(=O)n(C)n2)o1. The van der Waals surface area contributed by atoms with Crippen molar-refractivity contribution in [3.63, 3.8) is 0 Å². The molecular formula is C18H23N3O3. The van der Waals surface area contributed by atoms with Gasteiger partial charge in [-0.2, -0.15) is 5.10 Å². The van der Waals surface area contributed by atoms with Crippen molar-refractivity contribution in [2.75, 3.05) is 6.54 Å². The van der Waals surface area contributed by atoms with Gasteiger partial charge < -0.3 is 9.32 Å². The van der Waals surface area contributed by atoms with E-state index in [1.54, 1.807) is 7.05 Å². The number of aryl methyl sites for hydroxylation is 2. The lowest BCUT2D eigenvalue weighted by Crippen LogP contribution is -2.41. The molecule has 2 atom stereocenters. The second-order valence-corrected chi connectivity index (χ2v) is 6.48. The summed E-state index contributed by atoms with van der Waals surface area (Å²) in [6.45, 7) is 4.91. The van der Waals surface area contributed by atoms with E-state index in [1.807, 2.05) is 24.0 Å². The molecule has 2 aromatic heterocycles. The van der Waals surface area contributed by atoms with Crippen molar-refractivity contribution in [1.29, 1.82) is 0 Å². The van der Waals surface area contributed by atoms with Gasteiger partial charge in [-0.05, 0) is 37.0 Å². The summed E-state index contributed by atoms with van der Waals surface area (Å²) < 4.78 is 7.10. The molecular weight excluding hydrogens is 306 g/mol. The zero-order valence-electron chi connectivity index (χ0n) is 14.4. The molecule has 3 heterocycles. The third-order valence-corrected chi connectivity index (χ3v) is 4.66. The van der Waals surface area contributed by atoms with Crippen LogP contribution in [0, 0.1) is 5.92 Å². The maximum absolute atomic E-state index is 12.9. The lowest BCUT2D eigenvalue weighted by molar-refractivity contribution is 0.0510. The maximum atomic E-state index is 12.9. The molecule has 6 nitrogen and oxygen atoms in total. The van der Waals surface area contributed by atoms with Crippen LogP contribution in [0.25, 0.3) is 0 Å². The number of amides is 1. The lowest BCUT2D eigenvalue weighted by Gasteiger charge is -2.37. The van der Waals surface area contributed by atoms with E-state index in [4.69, 9.17) is 4.42 Å². The van der Waals surface area contributed by atoms with Gasteiger partial charge in [0.25, 0.3) is 11.5 Å². The highest BCUT2D eigenvalue weighted by Crippen LogP contribution is 2.35. The first kappa shape index (κ1) is 16.5. The van der Waals surface area contributed by atoms with E-state index >= 15 is 0 Å². The summed E-state index contributed by atoms with van der Waals surface area (Å²) in [7, 11) is 1.55. The second-order valence-electron chi connectivity index (χ2n) is 6.48. The van der Waals surface area contributed by atoms with Gasteiger partial charge in [0, 0.05) is 26.1 Å². The Morgan fingerprint density at radius 3 is 2.79 bits per heavy atom. The number of carbonyl (C=O) groups excluding carboxylic acids is 1. The number of aromatic nitrogens is 2. The van der Waals surface area contributed by atoms with Crippen LogP contribution in [-0.2, 0) is 13.5 Å². The Bertz CT molecular complexity index is 793. The Labute approximate surface area is 141 Å². The molecule has 3 rings (SSSR count). The molecule has 24 heavy (non-hydrogen) atoms. The van der Waals surface area contributed by atoms with E-state index in [0.717, 1.165) is 30.8 Å². The minimum Gasteiger partial charge on any atom is -0.464 e. The zero-order valence-corrected chi connectivity index (χ0v) is 14.4. The standard InChI is InChI=1S/C18H23N3O3/c1-4-13-5-7-16(24-13)15-11-12(2)9-10-21(15)18(23)14-6-8-17(22)20(3)19-14/h5-8,12,15H,4,9-11H2,1-3H3/t12-,15-/m1/s1. The molecule has 0 N–H and O–H groups in total. The Balaban J connectivity index is 1.91. The number of likely N-dealkylation sites (tertiary alicyclic amines) is 1. The normalized spacial score (nSPS) is 21.0. The van der Waals surface area contributed by atoms with Gasteiger partial charge in [0.1, 0.15) is 17.2 Å². The van der Waals surface area contributed by atoms with E-state index in [0.29, 0.717) is 18.2 Å². The third-order valence-electron chi connectivity index (χ3n) is 4.66. The fourth-order valence-corrected chi connectivity index (χ4v) is 3.18. The average Bonchev–Trinajstić information content (AvgIpc) is 3.05. The molecule has 128 valence electrons. The highest BCUT2D eigenvalue weighted by molar-refractivity contribution is 5.92. The molecule has 0 bridgehead atoms. The summed E-state index contributed by atoms with van der Waals surface area (Å²) in [6.07, 6.45) is 2.65. The van der Waals surface area contributed by atoms with Gasteiger partial charge in [0.15, 0.2) is 0 Å². The Kier molecular flexibility index (Phi) is 4.55. The summed E-state index contributed by atoms with van der Waals surface area (Å²) in [5.41, 5.74) is 0.0629. The summed E-state index contributed by atoms with van der Waals surface area (Å²) in [5.74, 6) is 2.13. The van der Waals surface area contributed by atoms with Gasteiger partial charge in [0.05, 0.1) is 6.04 Å². The number of piperidine rings is 1. The highest BCUT2D eigenvalue weighted by atomic mass is 16.3. The average molecular weight is 329 g/mol. The van der Waals surface area contributed by atoms with Crippen LogP contribution in [0.4, 0.5) is 0 Å². The van der Waals surface area contributed by atoms with E-state index < -0.39 is 0 Å². The number of hydrogen-bond acceptors (Lipinski definition) is 4. The minimum atomic E-state index is -0.228. The molecule has 0 spiro atoms. The van der Waals surface area contributed by atoms with Gasteiger partial charge in [-0.1, -0.05) is 13.8 Å². The summed E-state index contributed by atoms with van der Waals surface area (Å²) in [4.78, 5) is 26.3. The molecule has 0 aliphatic carbocycles. The number of rotatable bonds is 3. The quantitative estimate of drug-likeness (QED) is 0.868. The monoisotopic (exact) mass is 329 g/mol. The maximum Gasteiger partial charge on any atom is 0.274 e. The van der Waals surface area contributed by atoms with Crippen molar-refractivity contribution in [2.45, 2.75) is 39.2 Å². The van der Waals surface area contributed by atoms with Crippen molar-refractivity contribution in [2.24, 2.45) is 13.0 Å². The van der Waals surface area contributed by atoms with Crippen molar-refractivity contribution in [3.8, 4) is 0 Å². The summed E-state index contributed by atoms with van der Waals surface area (Å²) in [6, 6.07) is 6.74. The lowest BCUT2D eigenvalue weighted by atomic mass is 9.91. The molecule has 0 aromatic carbocycles. The molecule has 0 radical (unpaired) electrons. The number of nitrogens with zero attached hydrogens (tertiary/aromatic N) is 3. The number of furan rings is 1. The first-order valence-electron chi connectivity index (χ1n) is 8.43. The van der Waals surface area contributed by atoms with Crippen LogP contribution in [0.1, 0.15) is 54.7 Å². The van der Waals surface area contributed by atoms with Crippen LogP contribution in [0.15, 0.2) is 33.5 Å². The topological polar surface area (TPSA) is 68.3 Å². The molecule has 1 saturated heterocycles. The van der Waals surface area contributed by atoms with Crippen molar-refractivity contribution in [3.05, 3.63) is 51.8 Å². The van der Waals surface area contributed by atoms with E-state index in [2.05, 4.69) is 12.0 Å². The van der Waals surface area contributed by atoms with Crippen LogP contribution in [0.2, 0.25) is 0 Å². The fourth-order valence-electron chi connectivity index (χ4n) is 3.18. The Hall–Kier alpha value is -2.37. The first-order valence-corrected chi connectivity index (χ1v) is 8.43. The Morgan fingerprint density at radius 2 is 2.12 bits per heavy atom. The molecule has 1 amide bonds. The van der Waals surface area contributed by atoms with E-state index in [-0.39, 0.29) is 17.5 Å². The summed E-state index contributed by atoms with van der Waals surface area (Å²) in [5, 5.41) is 4.10. The zero-order chi connectivity index (χ0) is 17.3. The van der Waals surface area contributed by atoms with Gasteiger partial charge in [-0.3, -0.25) is 9.59 Å². The molecule has 0 unspecified atom stereocenters. The predicted octanol–water partition coefficient (Wildman–Crippen LogP) is 2.55. The molecule has 1 aliphatic heterocycles. The number of carbonyl (C=O) groups is 1. The van der Waals surface area contributed by atoms with Crippen molar-refractivity contribution >= 4 is 5.91 Å². The smallest absolute Gasteiger partial charge is 0.274 e. The largest absolute Gasteiger partial charge is 0.464 e. The molecule has 2 aromatic rings. The van der Waals surface area contributed by atoms with Gasteiger partial charge in [0.2, 0.25) is 0 Å². The van der Waals surface area contributed by atoms with Crippen molar-refractivity contribution < 1.29 is 9.21 Å². The van der Waals surface area contributed by atoms with Crippen LogP contribution in [0.5, 0.6) is 0 Å². The second kappa shape index (κ2) is 6.63. The first-order chi connectivity index (χ1) is 11.5. The van der Waals surface area contributed by atoms with E-state index in [9.17, 15) is 9.59 Å². The van der Waals surface area contributed by atoms with Crippen LogP contribution in [0.3, 0.4) is 0 Å². The minimum absolute atomic E-state index is 0.0828. The molecule has 0 saturated carbocycles. The summed E-state index contributed by atoms with van der Waals surface area (Å²) >= 11 is 0. The van der Waals surface area contributed by atoms with Gasteiger partial charge >= 0.3 is 0 Å². The number of hydrogen-bond donors (Lipinski definition) is 0. The van der Waals surface area contributed by atoms with Crippen LogP contribution < -0.4 is 5.56 Å². The van der Waals surface area contributed by atoms with Crippen LogP contribution in [-0.4, -0.2) is 27.1 Å².